The van der Waals surface area contributed by atoms with E-state index in [-0.39, 0.29) is 0 Å². The number of carboxylic acid groups (broad SMARTS) is 1. The summed E-state index contributed by atoms with van der Waals surface area (Å²) in [5.74, 6) is -0.942. The van der Waals surface area contributed by atoms with Gasteiger partial charge in [-0.15, -0.1) is 0 Å². The molecule has 0 aliphatic carbocycles. The molecule has 1 aromatic rings. The zero-order valence-electron chi connectivity index (χ0n) is 10.7. The van der Waals surface area contributed by atoms with Crippen LogP contribution < -0.4 is 4.90 Å². The fourth-order valence-corrected chi connectivity index (χ4v) is 2.84. The summed E-state index contributed by atoms with van der Waals surface area (Å²) in [6.07, 6.45) is 4.04. The summed E-state index contributed by atoms with van der Waals surface area (Å²) < 4.78 is 6.33. The number of carboxylic acids is 1. The first-order chi connectivity index (χ1) is 9.10. The first-order valence-corrected chi connectivity index (χ1v) is 6.87. The van der Waals surface area contributed by atoms with Crippen LogP contribution in [-0.4, -0.2) is 37.4 Å². The molecule has 102 valence electrons. The third-order valence-electron chi connectivity index (χ3n) is 3.21. The highest BCUT2D eigenvalue weighted by Crippen LogP contribution is 2.30. The van der Waals surface area contributed by atoms with Crippen molar-refractivity contribution in [3.63, 3.8) is 0 Å². The van der Waals surface area contributed by atoms with E-state index in [1.807, 2.05) is 18.2 Å². The summed E-state index contributed by atoms with van der Waals surface area (Å²) in [7, 11) is 1.74. The fourth-order valence-electron chi connectivity index (χ4n) is 2.19. The quantitative estimate of drug-likeness (QED) is 0.865. The Morgan fingerprint density at radius 3 is 2.95 bits per heavy atom. The van der Waals surface area contributed by atoms with E-state index in [9.17, 15) is 4.79 Å². The molecule has 4 nitrogen and oxygen atoms in total. The monoisotopic (exact) mass is 325 g/mol. The van der Waals surface area contributed by atoms with Crippen molar-refractivity contribution in [1.29, 1.82) is 0 Å². The number of benzene rings is 1. The number of methoxy groups -OCH3 is 1. The van der Waals surface area contributed by atoms with Crippen LogP contribution in [0.1, 0.15) is 12.0 Å². The molecular weight excluding hydrogens is 310 g/mol. The summed E-state index contributed by atoms with van der Waals surface area (Å²) in [5, 5.41) is 8.61. The molecule has 0 bridgehead atoms. The molecule has 2 rings (SSSR count). The molecule has 1 saturated heterocycles. The fraction of sp³-hybridized carbons (Fsp3) is 0.357. The molecule has 0 aromatic heterocycles. The Hall–Kier alpha value is -1.33. The third-order valence-corrected chi connectivity index (χ3v) is 3.84. The average molecular weight is 326 g/mol. The van der Waals surface area contributed by atoms with E-state index in [0.29, 0.717) is 6.10 Å². The van der Waals surface area contributed by atoms with E-state index in [2.05, 4.69) is 20.8 Å². The van der Waals surface area contributed by atoms with E-state index >= 15 is 0 Å². The number of aliphatic carboxylic acids is 1. The standard InChI is InChI=1S/C14H16BrNO3/c1-19-11-6-7-16(9-11)13-4-2-10(8-12(13)15)3-5-14(17)18/h2-5,8,11H,6-7,9H2,1H3,(H,17,18)/b5-3+. The molecule has 1 fully saturated rings. The van der Waals surface area contributed by atoms with Gasteiger partial charge in [0.1, 0.15) is 0 Å². The molecule has 1 aliphatic rings. The molecule has 5 heteroatoms. The minimum absolute atomic E-state index is 0.290. The molecule has 1 aliphatic heterocycles. The van der Waals surface area contributed by atoms with Gasteiger partial charge in [0.2, 0.25) is 0 Å². The molecule has 1 aromatic carbocycles. The number of carbonyl (C=O) groups is 1. The molecule has 0 spiro atoms. The first kappa shape index (κ1) is 14.1. The molecule has 1 atom stereocenters. The number of anilines is 1. The van der Waals surface area contributed by atoms with Crippen molar-refractivity contribution in [1.82, 2.24) is 0 Å². The lowest BCUT2D eigenvalue weighted by atomic mass is 10.2. The lowest BCUT2D eigenvalue weighted by Gasteiger charge is -2.20. The molecule has 1 heterocycles. The van der Waals surface area contributed by atoms with Crippen molar-refractivity contribution in [2.75, 3.05) is 25.1 Å². The topological polar surface area (TPSA) is 49.8 Å². The van der Waals surface area contributed by atoms with Gasteiger partial charge in [-0.2, -0.15) is 0 Å². The van der Waals surface area contributed by atoms with Crippen LogP contribution in [0, 0.1) is 0 Å². The Morgan fingerprint density at radius 1 is 1.58 bits per heavy atom. The predicted molar refractivity (Wildman–Crippen MR) is 78.4 cm³/mol. The second-order valence-corrected chi connectivity index (χ2v) is 5.33. The van der Waals surface area contributed by atoms with Crippen LogP contribution in [-0.2, 0) is 9.53 Å². The molecular formula is C14H16BrNO3. The number of halogens is 1. The second-order valence-electron chi connectivity index (χ2n) is 4.47. The van der Waals surface area contributed by atoms with Crippen molar-refractivity contribution < 1.29 is 14.6 Å². The predicted octanol–water partition coefficient (Wildman–Crippen LogP) is 2.77. The molecule has 1 unspecified atom stereocenters. The van der Waals surface area contributed by atoms with Crippen molar-refractivity contribution in [2.24, 2.45) is 0 Å². The van der Waals surface area contributed by atoms with Crippen molar-refractivity contribution in [3.05, 3.63) is 34.3 Å². The number of rotatable bonds is 4. The van der Waals surface area contributed by atoms with Crippen LogP contribution in [0.3, 0.4) is 0 Å². The highest BCUT2D eigenvalue weighted by molar-refractivity contribution is 9.10. The van der Waals surface area contributed by atoms with E-state index in [1.165, 1.54) is 0 Å². The van der Waals surface area contributed by atoms with Gasteiger partial charge in [-0.1, -0.05) is 6.07 Å². The normalized spacial score (nSPS) is 19.3. The van der Waals surface area contributed by atoms with E-state index in [0.717, 1.165) is 41.3 Å². The largest absolute Gasteiger partial charge is 0.478 e. The average Bonchev–Trinajstić information content (AvgIpc) is 2.85. The smallest absolute Gasteiger partial charge is 0.328 e. The summed E-state index contributed by atoms with van der Waals surface area (Å²) in [4.78, 5) is 12.7. The van der Waals surface area contributed by atoms with Gasteiger partial charge in [0.15, 0.2) is 0 Å². The minimum Gasteiger partial charge on any atom is -0.478 e. The number of ether oxygens (including phenoxy) is 1. The van der Waals surface area contributed by atoms with Gasteiger partial charge in [0.25, 0.3) is 0 Å². The molecule has 0 amide bonds. The molecule has 0 saturated carbocycles. The Balaban J connectivity index is 2.13. The summed E-state index contributed by atoms with van der Waals surface area (Å²) >= 11 is 3.54. The van der Waals surface area contributed by atoms with E-state index in [1.54, 1.807) is 13.2 Å². The molecule has 19 heavy (non-hydrogen) atoms. The first-order valence-electron chi connectivity index (χ1n) is 6.08. The summed E-state index contributed by atoms with van der Waals surface area (Å²) in [5.41, 5.74) is 1.98. The Labute approximate surface area is 120 Å². The summed E-state index contributed by atoms with van der Waals surface area (Å²) in [6, 6.07) is 5.85. The minimum atomic E-state index is -0.942. The van der Waals surface area contributed by atoms with Gasteiger partial charge < -0.3 is 14.7 Å². The van der Waals surface area contributed by atoms with Gasteiger partial charge in [-0.3, -0.25) is 0 Å². The van der Waals surface area contributed by atoms with Crippen LogP contribution in [0.5, 0.6) is 0 Å². The van der Waals surface area contributed by atoms with Crippen molar-refractivity contribution >= 4 is 33.7 Å². The lowest BCUT2D eigenvalue weighted by Crippen LogP contribution is -2.22. The maximum absolute atomic E-state index is 10.5. The Morgan fingerprint density at radius 2 is 2.37 bits per heavy atom. The van der Waals surface area contributed by atoms with E-state index in [4.69, 9.17) is 9.84 Å². The zero-order valence-corrected chi connectivity index (χ0v) is 12.3. The lowest BCUT2D eigenvalue weighted by molar-refractivity contribution is -0.131. The van der Waals surface area contributed by atoms with Crippen LogP contribution in [0.25, 0.3) is 6.08 Å². The van der Waals surface area contributed by atoms with Crippen LogP contribution in [0.2, 0.25) is 0 Å². The van der Waals surface area contributed by atoms with Crippen LogP contribution >= 0.6 is 15.9 Å². The second kappa shape index (κ2) is 6.21. The van der Waals surface area contributed by atoms with Crippen molar-refractivity contribution in [2.45, 2.75) is 12.5 Å². The van der Waals surface area contributed by atoms with Gasteiger partial charge >= 0.3 is 5.97 Å². The van der Waals surface area contributed by atoms with Gasteiger partial charge in [-0.25, -0.2) is 4.79 Å². The molecule has 1 N–H and O–H groups in total. The Kier molecular flexibility index (Phi) is 4.61. The van der Waals surface area contributed by atoms with Crippen LogP contribution in [0.4, 0.5) is 5.69 Å². The number of hydrogen-bond donors (Lipinski definition) is 1. The van der Waals surface area contributed by atoms with Gasteiger partial charge in [-0.05, 0) is 46.1 Å². The number of nitrogens with zero attached hydrogens (tertiary/aromatic N) is 1. The SMILES string of the molecule is COC1CCN(c2ccc(/C=C/C(=O)O)cc2Br)C1. The third kappa shape index (κ3) is 3.58. The van der Waals surface area contributed by atoms with Gasteiger partial charge in [0.05, 0.1) is 11.8 Å². The van der Waals surface area contributed by atoms with E-state index < -0.39 is 5.97 Å². The van der Waals surface area contributed by atoms with Crippen LogP contribution in [0.15, 0.2) is 28.7 Å². The number of hydrogen-bond acceptors (Lipinski definition) is 3. The maximum Gasteiger partial charge on any atom is 0.328 e. The zero-order chi connectivity index (χ0) is 13.8. The highest BCUT2D eigenvalue weighted by Gasteiger charge is 2.23. The highest BCUT2D eigenvalue weighted by atomic mass is 79.9. The maximum atomic E-state index is 10.5. The van der Waals surface area contributed by atoms with Gasteiger partial charge in [0, 0.05) is 30.7 Å². The Bertz CT molecular complexity index is 501. The van der Waals surface area contributed by atoms with Crippen molar-refractivity contribution in [3.8, 4) is 0 Å². The summed E-state index contributed by atoms with van der Waals surface area (Å²) in [6.45, 7) is 1.86. The molecule has 0 radical (unpaired) electrons.